The van der Waals surface area contributed by atoms with E-state index >= 15 is 0 Å². The highest BCUT2D eigenvalue weighted by Crippen LogP contribution is 2.31. The fourth-order valence-corrected chi connectivity index (χ4v) is 3.29. The Morgan fingerprint density at radius 1 is 1.42 bits per heavy atom. The van der Waals surface area contributed by atoms with Crippen LogP contribution in [0, 0.1) is 11.8 Å². The van der Waals surface area contributed by atoms with Crippen LogP contribution >= 0.6 is 0 Å². The molecule has 1 fully saturated rings. The number of carboxylic acid groups (broad SMARTS) is 1. The van der Waals surface area contributed by atoms with E-state index in [4.69, 9.17) is 5.11 Å². The fraction of sp³-hybridized carbons (Fsp3) is 0.833. The second-order valence-corrected chi connectivity index (χ2v) is 6.61. The van der Waals surface area contributed by atoms with Gasteiger partial charge in [0.15, 0.2) is 0 Å². The average molecular weight is 290 g/mol. The third kappa shape index (κ3) is 5.59. The van der Waals surface area contributed by atoms with Crippen LogP contribution in [0.15, 0.2) is 0 Å². The maximum atomic E-state index is 11.6. The van der Waals surface area contributed by atoms with Gasteiger partial charge >= 0.3 is 12.0 Å². The zero-order valence-electron chi connectivity index (χ0n) is 11.3. The Hall–Kier alpha value is -1.11. The first-order chi connectivity index (χ1) is 8.90. The molecule has 1 rings (SSSR count). The Morgan fingerprint density at radius 2 is 2.11 bits per heavy atom. The minimum atomic E-state index is -0.950. The second-order valence-electron chi connectivity index (χ2n) is 5.13. The first-order valence-electron chi connectivity index (χ1n) is 6.47. The largest absolute Gasteiger partial charge is 0.481 e. The summed E-state index contributed by atoms with van der Waals surface area (Å²) in [6.07, 6.45) is 4.02. The van der Waals surface area contributed by atoms with Gasteiger partial charge in [-0.3, -0.25) is 9.00 Å². The summed E-state index contributed by atoms with van der Waals surface area (Å²) in [5, 5.41) is 14.4. The molecule has 0 aromatic rings. The van der Waals surface area contributed by atoms with Gasteiger partial charge in [0, 0.05) is 35.4 Å². The lowest BCUT2D eigenvalue weighted by Crippen LogP contribution is -2.45. The average Bonchev–Trinajstić information content (AvgIpc) is 2.73. The molecule has 4 unspecified atom stereocenters. The van der Waals surface area contributed by atoms with E-state index in [0.717, 1.165) is 12.8 Å². The smallest absolute Gasteiger partial charge is 0.315 e. The zero-order chi connectivity index (χ0) is 14.4. The van der Waals surface area contributed by atoms with E-state index in [-0.39, 0.29) is 23.9 Å². The highest BCUT2D eigenvalue weighted by molar-refractivity contribution is 7.84. The summed E-state index contributed by atoms with van der Waals surface area (Å²) < 4.78 is 11.0. The maximum absolute atomic E-state index is 11.6. The molecule has 1 aliphatic carbocycles. The minimum absolute atomic E-state index is 0.0128. The van der Waals surface area contributed by atoms with Crippen LogP contribution < -0.4 is 10.6 Å². The summed E-state index contributed by atoms with van der Waals surface area (Å²) in [6, 6.07) is -0.487. The number of carboxylic acids is 1. The molecule has 4 atom stereocenters. The van der Waals surface area contributed by atoms with Crippen molar-refractivity contribution in [2.45, 2.75) is 32.2 Å². The Bertz CT molecular complexity index is 362. The summed E-state index contributed by atoms with van der Waals surface area (Å²) in [4.78, 5) is 22.6. The predicted molar refractivity (Wildman–Crippen MR) is 73.4 cm³/mol. The van der Waals surface area contributed by atoms with Crippen LogP contribution in [0.5, 0.6) is 0 Å². The number of urea groups is 1. The van der Waals surface area contributed by atoms with Crippen molar-refractivity contribution in [2.24, 2.45) is 11.8 Å². The first-order valence-corrected chi connectivity index (χ1v) is 8.20. The fourth-order valence-electron chi connectivity index (χ4n) is 2.50. The topological polar surface area (TPSA) is 95.5 Å². The number of carbonyl (C=O) groups is 2. The van der Waals surface area contributed by atoms with E-state index in [2.05, 4.69) is 10.6 Å². The number of carbonyl (C=O) groups excluding carboxylic acids is 1. The molecule has 1 saturated carbocycles. The van der Waals surface area contributed by atoms with Gasteiger partial charge < -0.3 is 15.7 Å². The molecule has 3 N–H and O–H groups in total. The third-order valence-corrected chi connectivity index (χ3v) is 4.33. The molecule has 2 amide bonds. The Kier molecular flexibility index (Phi) is 6.27. The molecule has 6 nitrogen and oxygen atoms in total. The molecule has 0 aromatic heterocycles. The summed E-state index contributed by atoms with van der Waals surface area (Å²) in [5.74, 6) is -0.701. The van der Waals surface area contributed by atoms with Crippen molar-refractivity contribution in [2.75, 3.05) is 18.6 Å². The lowest BCUT2D eigenvalue weighted by Gasteiger charge is -2.18. The van der Waals surface area contributed by atoms with Crippen molar-refractivity contribution in [3.8, 4) is 0 Å². The van der Waals surface area contributed by atoms with E-state index in [1.54, 1.807) is 13.2 Å². The van der Waals surface area contributed by atoms with E-state index in [1.165, 1.54) is 0 Å². The molecule has 0 spiro atoms. The molecule has 0 aromatic carbocycles. The Balaban J connectivity index is 2.30. The van der Waals surface area contributed by atoms with E-state index < -0.39 is 16.8 Å². The Morgan fingerprint density at radius 3 is 2.68 bits per heavy atom. The number of hydrogen-bond donors (Lipinski definition) is 3. The standard InChI is InChI=1S/C12H22N2O4S/c1-8(7-19(2)18)14-12(17)13-6-9-4-3-5-10(9)11(15)16/h8-10H,3-7H2,1-2H3,(H,15,16)(H2,13,14,17). The van der Waals surface area contributed by atoms with E-state index in [0.29, 0.717) is 18.7 Å². The normalized spacial score (nSPS) is 25.6. The van der Waals surface area contributed by atoms with E-state index in [1.807, 2.05) is 0 Å². The van der Waals surface area contributed by atoms with Crippen molar-refractivity contribution in [3.63, 3.8) is 0 Å². The molecular formula is C12H22N2O4S. The van der Waals surface area contributed by atoms with Crippen LogP contribution in [-0.4, -0.2) is 45.9 Å². The molecule has 1 aliphatic rings. The summed E-state index contributed by atoms with van der Waals surface area (Å²) in [5.41, 5.74) is 0. The summed E-state index contributed by atoms with van der Waals surface area (Å²) in [6.45, 7) is 2.17. The number of hydrogen-bond acceptors (Lipinski definition) is 3. The van der Waals surface area contributed by atoms with Gasteiger partial charge in [-0.1, -0.05) is 6.42 Å². The van der Waals surface area contributed by atoms with Crippen molar-refractivity contribution in [1.82, 2.24) is 10.6 Å². The molecule has 0 aliphatic heterocycles. The van der Waals surface area contributed by atoms with Crippen LogP contribution in [0.1, 0.15) is 26.2 Å². The maximum Gasteiger partial charge on any atom is 0.315 e. The van der Waals surface area contributed by atoms with Gasteiger partial charge in [0.25, 0.3) is 0 Å². The monoisotopic (exact) mass is 290 g/mol. The number of amides is 2. The van der Waals surface area contributed by atoms with Gasteiger partial charge in [0.2, 0.25) is 0 Å². The van der Waals surface area contributed by atoms with Crippen LogP contribution in [0.3, 0.4) is 0 Å². The van der Waals surface area contributed by atoms with Gasteiger partial charge in [-0.25, -0.2) is 4.79 Å². The highest BCUT2D eigenvalue weighted by atomic mass is 32.2. The quantitative estimate of drug-likeness (QED) is 0.666. The predicted octanol–water partition coefficient (Wildman–Crippen LogP) is 0.553. The zero-order valence-corrected chi connectivity index (χ0v) is 12.2. The lowest BCUT2D eigenvalue weighted by molar-refractivity contribution is -0.142. The van der Waals surface area contributed by atoms with Gasteiger partial charge in [0.1, 0.15) is 0 Å². The van der Waals surface area contributed by atoms with Crippen molar-refractivity contribution in [3.05, 3.63) is 0 Å². The molecular weight excluding hydrogens is 268 g/mol. The number of aliphatic carboxylic acids is 1. The van der Waals surface area contributed by atoms with Gasteiger partial charge in [-0.15, -0.1) is 0 Å². The SMILES string of the molecule is CC(CS(C)=O)NC(=O)NCC1CCCC1C(=O)O. The van der Waals surface area contributed by atoms with Crippen molar-refractivity contribution in [1.29, 1.82) is 0 Å². The molecule has 7 heteroatoms. The second kappa shape index (κ2) is 7.47. The molecule has 0 heterocycles. The van der Waals surface area contributed by atoms with Crippen LogP contribution in [-0.2, 0) is 15.6 Å². The molecule has 0 saturated heterocycles. The van der Waals surface area contributed by atoms with Crippen LogP contribution in [0.4, 0.5) is 4.79 Å². The molecule has 110 valence electrons. The number of rotatable bonds is 6. The Labute approximate surface area is 115 Å². The molecule has 0 bridgehead atoms. The summed E-state index contributed by atoms with van der Waals surface area (Å²) in [7, 11) is -0.950. The van der Waals surface area contributed by atoms with Gasteiger partial charge in [-0.05, 0) is 25.7 Å². The summed E-state index contributed by atoms with van der Waals surface area (Å²) >= 11 is 0. The van der Waals surface area contributed by atoms with Crippen molar-refractivity contribution >= 4 is 22.8 Å². The number of nitrogens with one attached hydrogen (secondary N) is 2. The minimum Gasteiger partial charge on any atom is -0.481 e. The van der Waals surface area contributed by atoms with Gasteiger partial charge in [-0.2, -0.15) is 0 Å². The highest BCUT2D eigenvalue weighted by Gasteiger charge is 2.32. The van der Waals surface area contributed by atoms with Gasteiger partial charge in [0.05, 0.1) is 5.92 Å². The first kappa shape index (κ1) is 15.9. The van der Waals surface area contributed by atoms with Crippen molar-refractivity contribution < 1.29 is 18.9 Å². The molecule has 0 radical (unpaired) electrons. The van der Waals surface area contributed by atoms with Crippen LogP contribution in [0.25, 0.3) is 0 Å². The van der Waals surface area contributed by atoms with Crippen LogP contribution in [0.2, 0.25) is 0 Å². The molecule has 19 heavy (non-hydrogen) atoms. The lowest BCUT2D eigenvalue weighted by atomic mass is 9.96. The van der Waals surface area contributed by atoms with E-state index in [9.17, 15) is 13.8 Å². The third-order valence-electron chi connectivity index (χ3n) is 3.36.